The number of hydrogen-bond donors (Lipinski definition) is 2. The van der Waals surface area contributed by atoms with Gasteiger partial charge in [-0.3, -0.25) is 0 Å². The molecule has 0 saturated heterocycles. The van der Waals surface area contributed by atoms with Gasteiger partial charge in [0.05, 0.1) is 10.7 Å². The highest BCUT2D eigenvalue weighted by molar-refractivity contribution is 6.36. The molecule has 3 nitrogen and oxygen atoms in total. The Labute approximate surface area is 146 Å². The number of benzene rings is 2. The molecule has 5 heteroatoms. The monoisotopic (exact) mass is 348 g/mol. The van der Waals surface area contributed by atoms with E-state index >= 15 is 0 Å². The van der Waals surface area contributed by atoms with E-state index in [-0.39, 0.29) is 11.4 Å². The molecule has 1 aliphatic rings. The van der Waals surface area contributed by atoms with Crippen LogP contribution in [0.1, 0.15) is 24.8 Å². The van der Waals surface area contributed by atoms with E-state index in [0.717, 1.165) is 12.8 Å². The molecule has 0 heterocycles. The maximum Gasteiger partial charge on any atom is 0.319 e. The van der Waals surface area contributed by atoms with Crippen LogP contribution in [0.2, 0.25) is 10.0 Å². The first-order valence-corrected chi connectivity index (χ1v) is 8.40. The Bertz CT molecular complexity index is 699. The summed E-state index contributed by atoms with van der Waals surface area (Å²) in [7, 11) is 0. The van der Waals surface area contributed by atoms with Crippen LogP contribution in [0, 0.1) is 0 Å². The van der Waals surface area contributed by atoms with Gasteiger partial charge in [-0.2, -0.15) is 0 Å². The van der Waals surface area contributed by atoms with E-state index < -0.39 is 0 Å². The number of carbonyl (C=O) groups is 1. The van der Waals surface area contributed by atoms with Crippen molar-refractivity contribution in [2.75, 3.05) is 11.9 Å². The van der Waals surface area contributed by atoms with Crippen molar-refractivity contribution in [3.63, 3.8) is 0 Å². The van der Waals surface area contributed by atoms with Crippen molar-refractivity contribution in [2.24, 2.45) is 0 Å². The van der Waals surface area contributed by atoms with Gasteiger partial charge in [-0.15, -0.1) is 0 Å². The van der Waals surface area contributed by atoms with Crippen molar-refractivity contribution in [1.29, 1.82) is 0 Å². The number of anilines is 1. The van der Waals surface area contributed by atoms with Crippen LogP contribution < -0.4 is 10.6 Å². The van der Waals surface area contributed by atoms with Crippen molar-refractivity contribution in [3.05, 3.63) is 64.1 Å². The van der Waals surface area contributed by atoms with E-state index in [9.17, 15) is 4.79 Å². The molecule has 0 atom stereocenters. The molecule has 2 N–H and O–H groups in total. The summed E-state index contributed by atoms with van der Waals surface area (Å²) in [5.41, 5.74) is 1.90. The van der Waals surface area contributed by atoms with Crippen LogP contribution in [-0.4, -0.2) is 12.6 Å². The molecule has 1 fully saturated rings. The predicted octanol–water partition coefficient (Wildman–Crippen LogP) is 5.24. The van der Waals surface area contributed by atoms with Crippen molar-refractivity contribution in [1.82, 2.24) is 5.32 Å². The third-order valence-corrected chi connectivity index (χ3v) is 5.01. The molecule has 120 valence electrons. The van der Waals surface area contributed by atoms with Gasteiger partial charge in [0.25, 0.3) is 0 Å². The van der Waals surface area contributed by atoms with Gasteiger partial charge in [0.15, 0.2) is 0 Å². The molecule has 0 spiro atoms. The molecular weight excluding hydrogens is 331 g/mol. The molecule has 0 bridgehead atoms. The van der Waals surface area contributed by atoms with Gasteiger partial charge in [-0.25, -0.2) is 4.79 Å². The van der Waals surface area contributed by atoms with Crippen molar-refractivity contribution >= 4 is 34.9 Å². The van der Waals surface area contributed by atoms with Crippen LogP contribution >= 0.6 is 23.2 Å². The Hall–Kier alpha value is -1.71. The fourth-order valence-electron chi connectivity index (χ4n) is 2.97. The van der Waals surface area contributed by atoms with Crippen molar-refractivity contribution < 1.29 is 4.79 Å². The van der Waals surface area contributed by atoms with Gasteiger partial charge in [0.2, 0.25) is 0 Å². The van der Waals surface area contributed by atoms with Crippen molar-refractivity contribution in [2.45, 2.75) is 24.7 Å². The second kappa shape index (κ2) is 6.81. The lowest BCUT2D eigenvalue weighted by molar-refractivity contribution is 0.222. The molecule has 0 aliphatic heterocycles. The number of rotatable bonds is 4. The van der Waals surface area contributed by atoms with E-state index in [1.807, 2.05) is 18.2 Å². The maximum absolute atomic E-state index is 12.2. The first-order chi connectivity index (χ1) is 11.1. The Balaban J connectivity index is 1.62. The molecule has 23 heavy (non-hydrogen) atoms. The summed E-state index contributed by atoms with van der Waals surface area (Å²) in [6.07, 6.45) is 3.39. The Morgan fingerprint density at radius 3 is 2.43 bits per heavy atom. The fourth-order valence-corrected chi connectivity index (χ4v) is 3.43. The summed E-state index contributed by atoms with van der Waals surface area (Å²) in [4.78, 5) is 12.2. The highest BCUT2D eigenvalue weighted by Crippen LogP contribution is 2.43. The van der Waals surface area contributed by atoms with Gasteiger partial charge in [-0.1, -0.05) is 60.0 Å². The molecule has 0 unspecified atom stereocenters. The summed E-state index contributed by atoms with van der Waals surface area (Å²) in [6.45, 7) is 0.619. The molecule has 1 saturated carbocycles. The first-order valence-electron chi connectivity index (χ1n) is 7.65. The summed E-state index contributed by atoms with van der Waals surface area (Å²) in [5, 5.41) is 6.71. The Morgan fingerprint density at radius 2 is 1.83 bits per heavy atom. The largest absolute Gasteiger partial charge is 0.337 e. The fraction of sp³-hybridized carbons (Fsp3) is 0.278. The zero-order valence-corrected chi connectivity index (χ0v) is 14.1. The van der Waals surface area contributed by atoms with Crippen molar-refractivity contribution in [3.8, 4) is 0 Å². The third-order valence-electron chi connectivity index (χ3n) is 4.46. The van der Waals surface area contributed by atoms with Crippen LogP contribution in [-0.2, 0) is 5.41 Å². The first kappa shape index (κ1) is 16.2. The normalized spacial score (nSPS) is 15.6. The van der Waals surface area contributed by atoms with Gasteiger partial charge in [0, 0.05) is 17.0 Å². The van der Waals surface area contributed by atoms with Gasteiger partial charge < -0.3 is 10.6 Å². The Kier molecular flexibility index (Phi) is 4.79. The zero-order chi connectivity index (χ0) is 16.3. The van der Waals surface area contributed by atoms with Gasteiger partial charge >= 0.3 is 6.03 Å². The summed E-state index contributed by atoms with van der Waals surface area (Å²) in [5.74, 6) is 0. The quantitative estimate of drug-likeness (QED) is 0.779. The smallest absolute Gasteiger partial charge is 0.319 e. The molecule has 2 amide bonds. The number of nitrogens with one attached hydrogen (secondary N) is 2. The van der Waals surface area contributed by atoms with E-state index in [1.165, 1.54) is 12.0 Å². The lowest BCUT2D eigenvalue weighted by Crippen LogP contribution is -2.46. The van der Waals surface area contributed by atoms with Crippen LogP contribution in [0.15, 0.2) is 48.5 Å². The number of hydrogen-bond acceptors (Lipinski definition) is 1. The second-order valence-corrected chi connectivity index (χ2v) is 6.78. The highest BCUT2D eigenvalue weighted by Gasteiger charge is 2.38. The van der Waals surface area contributed by atoms with E-state index in [2.05, 4.69) is 22.8 Å². The minimum Gasteiger partial charge on any atom is -0.337 e. The number of carbonyl (C=O) groups excluding carboxylic acids is 1. The van der Waals surface area contributed by atoms with E-state index in [1.54, 1.807) is 18.2 Å². The topological polar surface area (TPSA) is 41.1 Å². The average Bonchev–Trinajstić information content (AvgIpc) is 2.50. The predicted molar refractivity (Wildman–Crippen MR) is 95.5 cm³/mol. The lowest BCUT2D eigenvalue weighted by Gasteiger charge is -2.42. The molecule has 3 rings (SSSR count). The minimum atomic E-state index is -0.253. The summed E-state index contributed by atoms with van der Waals surface area (Å²) < 4.78 is 0. The maximum atomic E-state index is 12.2. The van der Waals surface area contributed by atoms with E-state index in [4.69, 9.17) is 23.2 Å². The highest BCUT2D eigenvalue weighted by atomic mass is 35.5. The molecular formula is C18H18Cl2N2O. The second-order valence-electron chi connectivity index (χ2n) is 5.93. The molecule has 0 radical (unpaired) electrons. The van der Waals surface area contributed by atoms with Crippen LogP contribution in [0.5, 0.6) is 0 Å². The zero-order valence-electron chi connectivity index (χ0n) is 12.6. The third kappa shape index (κ3) is 3.62. The SMILES string of the molecule is O=C(NCC1(c2ccccc2)CCC1)Nc1ccc(Cl)cc1Cl. The summed E-state index contributed by atoms with van der Waals surface area (Å²) >= 11 is 11.9. The summed E-state index contributed by atoms with van der Waals surface area (Å²) in [6, 6.07) is 15.1. The molecule has 0 aromatic heterocycles. The molecule has 2 aromatic carbocycles. The number of urea groups is 1. The van der Waals surface area contributed by atoms with Gasteiger partial charge in [-0.05, 0) is 36.6 Å². The average molecular weight is 349 g/mol. The molecule has 2 aromatic rings. The van der Waals surface area contributed by atoms with E-state index in [0.29, 0.717) is 22.3 Å². The minimum absolute atomic E-state index is 0.0579. The Morgan fingerprint density at radius 1 is 1.09 bits per heavy atom. The van der Waals surface area contributed by atoms with Crippen LogP contribution in [0.3, 0.4) is 0 Å². The molecule has 1 aliphatic carbocycles. The van der Waals surface area contributed by atoms with Gasteiger partial charge in [0.1, 0.15) is 0 Å². The number of amides is 2. The lowest BCUT2D eigenvalue weighted by atomic mass is 9.64. The standard InChI is InChI=1S/C18H18Cl2N2O/c19-14-7-8-16(15(20)11-14)22-17(23)21-12-18(9-4-10-18)13-5-2-1-3-6-13/h1-3,5-8,11H,4,9-10,12H2,(H2,21,22,23). The van der Waals surface area contributed by atoms with Crippen LogP contribution in [0.25, 0.3) is 0 Å². The van der Waals surface area contributed by atoms with Crippen LogP contribution in [0.4, 0.5) is 10.5 Å². The number of halogens is 2.